The lowest BCUT2D eigenvalue weighted by atomic mass is 10.1. The Bertz CT molecular complexity index is 298. The molecule has 0 bridgehead atoms. The van der Waals surface area contributed by atoms with Crippen LogP contribution in [0.5, 0.6) is 0 Å². The molecule has 2 aliphatic rings. The highest BCUT2D eigenvalue weighted by atomic mass is 35.5. The summed E-state index contributed by atoms with van der Waals surface area (Å²) in [5, 5.41) is 6.23. The average Bonchev–Trinajstić information content (AvgIpc) is 2.48. The van der Waals surface area contributed by atoms with E-state index in [1.807, 2.05) is 6.92 Å². The largest absolute Gasteiger partial charge is 0.379 e. The summed E-state index contributed by atoms with van der Waals surface area (Å²) in [4.78, 5) is 14.4. The first-order valence-electron chi connectivity index (χ1n) is 7.13. The minimum absolute atomic E-state index is 0. The molecule has 3 unspecified atom stereocenters. The summed E-state index contributed by atoms with van der Waals surface area (Å²) in [7, 11) is 0. The molecule has 0 aromatic rings. The van der Waals surface area contributed by atoms with E-state index in [0.29, 0.717) is 19.2 Å². The van der Waals surface area contributed by atoms with Gasteiger partial charge in [0.25, 0.3) is 5.91 Å². The third-order valence-electron chi connectivity index (χ3n) is 3.94. The fraction of sp³-hybridized carbons (Fsp3) is 0.923. The SMILES string of the molecule is CC(NC(=O)C1CNCCO1)C(C)N1CCOCC1.Cl.Cl. The quantitative estimate of drug-likeness (QED) is 0.754. The predicted octanol–water partition coefficient (Wildman–Crippen LogP) is 0.0438. The molecule has 0 radical (unpaired) electrons. The molecule has 0 aromatic heterocycles. The Morgan fingerprint density at radius 1 is 1.24 bits per heavy atom. The molecular weight excluding hydrogens is 317 g/mol. The molecular formula is C13H27Cl2N3O3. The number of hydrogen-bond acceptors (Lipinski definition) is 5. The Morgan fingerprint density at radius 3 is 2.48 bits per heavy atom. The van der Waals surface area contributed by atoms with Crippen LogP contribution in [0.4, 0.5) is 0 Å². The summed E-state index contributed by atoms with van der Waals surface area (Å²) in [6.07, 6.45) is -0.354. The Morgan fingerprint density at radius 2 is 1.90 bits per heavy atom. The molecule has 2 fully saturated rings. The molecule has 0 aromatic carbocycles. The lowest BCUT2D eigenvalue weighted by Crippen LogP contribution is -2.55. The van der Waals surface area contributed by atoms with Crippen LogP contribution in [0.1, 0.15) is 13.8 Å². The monoisotopic (exact) mass is 343 g/mol. The van der Waals surface area contributed by atoms with Gasteiger partial charge < -0.3 is 20.1 Å². The van der Waals surface area contributed by atoms with E-state index in [0.717, 1.165) is 32.8 Å². The zero-order chi connectivity index (χ0) is 13.7. The van der Waals surface area contributed by atoms with Crippen molar-refractivity contribution in [3.8, 4) is 0 Å². The normalized spacial score (nSPS) is 25.9. The van der Waals surface area contributed by atoms with E-state index in [2.05, 4.69) is 22.5 Å². The van der Waals surface area contributed by atoms with Gasteiger partial charge >= 0.3 is 0 Å². The molecule has 126 valence electrons. The van der Waals surface area contributed by atoms with Crippen LogP contribution in [0, 0.1) is 0 Å². The summed E-state index contributed by atoms with van der Waals surface area (Å²) in [6.45, 7) is 9.65. The van der Waals surface area contributed by atoms with Crippen molar-refractivity contribution < 1.29 is 14.3 Å². The topological polar surface area (TPSA) is 62.8 Å². The number of hydrogen-bond donors (Lipinski definition) is 2. The van der Waals surface area contributed by atoms with Crippen LogP contribution < -0.4 is 10.6 Å². The van der Waals surface area contributed by atoms with Gasteiger partial charge in [-0.15, -0.1) is 24.8 Å². The third-order valence-corrected chi connectivity index (χ3v) is 3.94. The highest BCUT2D eigenvalue weighted by molar-refractivity contribution is 5.85. The molecule has 21 heavy (non-hydrogen) atoms. The van der Waals surface area contributed by atoms with Crippen LogP contribution in [0.15, 0.2) is 0 Å². The van der Waals surface area contributed by atoms with Gasteiger partial charge in [-0.1, -0.05) is 0 Å². The maximum absolute atomic E-state index is 12.1. The van der Waals surface area contributed by atoms with E-state index in [1.165, 1.54) is 0 Å². The van der Waals surface area contributed by atoms with Crippen LogP contribution in [0.2, 0.25) is 0 Å². The number of amides is 1. The summed E-state index contributed by atoms with van der Waals surface area (Å²) in [5.41, 5.74) is 0. The van der Waals surface area contributed by atoms with E-state index >= 15 is 0 Å². The van der Waals surface area contributed by atoms with E-state index in [1.54, 1.807) is 0 Å². The number of halogens is 2. The zero-order valence-electron chi connectivity index (χ0n) is 12.7. The molecule has 2 saturated heterocycles. The van der Waals surface area contributed by atoms with Gasteiger partial charge in [0.1, 0.15) is 6.10 Å². The van der Waals surface area contributed by atoms with Gasteiger partial charge in [0.2, 0.25) is 0 Å². The Labute approximate surface area is 139 Å². The molecule has 2 rings (SSSR count). The Balaban J connectivity index is 0.00000200. The van der Waals surface area contributed by atoms with Gasteiger partial charge in [0, 0.05) is 38.3 Å². The number of nitrogens with zero attached hydrogens (tertiary/aromatic N) is 1. The molecule has 6 nitrogen and oxygen atoms in total. The molecule has 0 saturated carbocycles. The fourth-order valence-electron chi connectivity index (χ4n) is 2.47. The minimum Gasteiger partial charge on any atom is -0.379 e. The average molecular weight is 344 g/mol. The van der Waals surface area contributed by atoms with Gasteiger partial charge in [0.05, 0.1) is 19.8 Å². The zero-order valence-corrected chi connectivity index (χ0v) is 14.3. The number of morpholine rings is 2. The Hall–Kier alpha value is -0.110. The fourth-order valence-corrected chi connectivity index (χ4v) is 2.47. The van der Waals surface area contributed by atoms with Crippen LogP contribution in [-0.2, 0) is 14.3 Å². The number of carbonyl (C=O) groups is 1. The summed E-state index contributed by atoms with van der Waals surface area (Å²) in [6, 6.07) is 0.417. The van der Waals surface area contributed by atoms with Crippen molar-refractivity contribution in [2.75, 3.05) is 46.0 Å². The molecule has 8 heteroatoms. The number of carbonyl (C=O) groups excluding carboxylic acids is 1. The van der Waals surface area contributed by atoms with E-state index in [-0.39, 0.29) is 42.9 Å². The van der Waals surface area contributed by atoms with Crippen molar-refractivity contribution in [1.29, 1.82) is 0 Å². The first kappa shape index (κ1) is 20.9. The standard InChI is InChI=1S/C13H25N3O3.2ClH/c1-10(11(2)16-4-7-18-8-5-16)15-13(17)12-9-14-3-6-19-12;;/h10-12,14H,3-9H2,1-2H3,(H,15,17);2*1H. The first-order chi connectivity index (χ1) is 9.18. The smallest absolute Gasteiger partial charge is 0.250 e. The van der Waals surface area contributed by atoms with Crippen LogP contribution >= 0.6 is 24.8 Å². The molecule has 2 heterocycles. The lowest BCUT2D eigenvalue weighted by Gasteiger charge is -2.36. The lowest BCUT2D eigenvalue weighted by molar-refractivity contribution is -0.135. The summed E-state index contributed by atoms with van der Waals surface area (Å²) >= 11 is 0. The van der Waals surface area contributed by atoms with Crippen LogP contribution in [-0.4, -0.2) is 75.0 Å². The molecule has 2 aliphatic heterocycles. The van der Waals surface area contributed by atoms with E-state index < -0.39 is 0 Å². The van der Waals surface area contributed by atoms with Crippen molar-refractivity contribution in [3.05, 3.63) is 0 Å². The van der Waals surface area contributed by atoms with Gasteiger partial charge in [-0.25, -0.2) is 0 Å². The highest BCUT2D eigenvalue weighted by Crippen LogP contribution is 2.08. The second-order valence-corrected chi connectivity index (χ2v) is 5.25. The van der Waals surface area contributed by atoms with Crippen molar-refractivity contribution in [1.82, 2.24) is 15.5 Å². The minimum atomic E-state index is -0.354. The molecule has 1 amide bonds. The Kier molecular flexibility index (Phi) is 10.5. The van der Waals surface area contributed by atoms with E-state index in [9.17, 15) is 4.79 Å². The predicted molar refractivity (Wildman–Crippen MR) is 86.6 cm³/mol. The second-order valence-electron chi connectivity index (χ2n) is 5.25. The van der Waals surface area contributed by atoms with Gasteiger partial charge in [-0.05, 0) is 13.8 Å². The third kappa shape index (κ3) is 6.26. The second kappa shape index (κ2) is 10.6. The van der Waals surface area contributed by atoms with Gasteiger partial charge in [-0.2, -0.15) is 0 Å². The van der Waals surface area contributed by atoms with Crippen molar-refractivity contribution in [2.24, 2.45) is 0 Å². The maximum Gasteiger partial charge on any atom is 0.250 e. The van der Waals surface area contributed by atoms with E-state index in [4.69, 9.17) is 9.47 Å². The highest BCUT2D eigenvalue weighted by Gasteiger charge is 2.27. The van der Waals surface area contributed by atoms with Crippen molar-refractivity contribution in [2.45, 2.75) is 32.0 Å². The van der Waals surface area contributed by atoms with Crippen molar-refractivity contribution in [3.63, 3.8) is 0 Å². The first-order valence-corrected chi connectivity index (χ1v) is 7.13. The van der Waals surface area contributed by atoms with Crippen LogP contribution in [0.3, 0.4) is 0 Å². The van der Waals surface area contributed by atoms with Crippen LogP contribution in [0.25, 0.3) is 0 Å². The molecule has 0 aliphatic carbocycles. The number of ether oxygens (including phenoxy) is 2. The maximum atomic E-state index is 12.1. The number of rotatable bonds is 4. The summed E-state index contributed by atoms with van der Waals surface area (Å²) in [5.74, 6) is -0.0141. The van der Waals surface area contributed by atoms with Gasteiger partial charge in [-0.3, -0.25) is 9.69 Å². The number of nitrogens with one attached hydrogen (secondary N) is 2. The molecule has 3 atom stereocenters. The molecule has 2 N–H and O–H groups in total. The summed E-state index contributed by atoms with van der Waals surface area (Å²) < 4.78 is 10.8. The molecule has 0 spiro atoms. The van der Waals surface area contributed by atoms with Gasteiger partial charge in [0.15, 0.2) is 0 Å². The van der Waals surface area contributed by atoms with Crippen molar-refractivity contribution >= 4 is 30.7 Å².